The number of hydrogen-bond donors (Lipinski definition) is 1. The maximum absolute atomic E-state index is 12.4. The van der Waals surface area contributed by atoms with Crippen LogP contribution in [0.4, 0.5) is 19.0 Å². The van der Waals surface area contributed by atoms with Crippen molar-refractivity contribution in [1.29, 1.82) is 0 Å². The minimum atomic E-state index is -4.35. The smallest absolute Gasteiger partial charge is 0.416 e. The molecule has 0 unspecified atom stereocenters. The zero-order chi connectivity index (χ0) is 13.9. The number of ether oxygens (including phenoxy) is 1. The molecule has 1 N–H and O–H groups in total. The van der Waals surface area contributed by atoms with Crippen LogP contribution in [0.1, 0.15) is 5.56 Å². The van der Waals surface area contributed by atoms with Gasteiger partial charge in [-0.15, -0.1) is 0 Å². The van der Waals surface area contributed by atoms with Crippen LogP contribution in [-0.2, 0) is 6.18 Å². The van der Waals surface area contributed by atoms with Crippen LogP contribution in [0.25, 0.3) is 0 Å². The minimum absolute atomic E-state index is 0.249. The van der Waals surface area contributed by atoms with E-state index in [1.165, 1.54) is 24.5 Å². The van der Waals surface area contributed by atoms with E-state index in [4.69, 9.17) is 4.74 Å². The maximum Gasteiger partial charge on any atom is 0.416 e. The van der Waals surface area contributed by atoms with Crippen molar-refractivity contribution in [2.75, 3.05) is 12.4 Å². The monoisotopic (exact) mass is 269 g/mol. The van der Waals surface area contributed by atoms with Gasteiger partial charge in [0.25, 0.3) is 0 Å². The number of nitrogens with zero attached hydrogens (tertiary/aromatic N) is 2. The molecular weight excluding hydrogens is 259 g/mol. The van der Waals surface area contributed by atoms with Crippen LogP contribution in [0, 0.1) is 0 Å². The molecule has 1 heterocycles. The molecule has 0 saturated carbocycles. The largest absolute Gasteiger partial charge is 0.439 e. The van der Waals surface area contributed by atoms with Crippen molar-refractivity contribution in [2.24, 2.45) is 0 Å². The third-order valence-corrected chi connectivity index (χ3v) is 2.30. The van der Waals surface area contributed by atoms with Crippen LogP contribution in [0.2, 0.25) is 0 Å². The van der Waals surface area contributed by atoms with Crippen molar-refractivity contribution < 1.29 is 17.9 Å². The SMILES string of the molecule is CNc1cc(Oc2ccc(C(F)(F)F)cc2)ncn1. The van der Waals surface area contributed by atoms with Crippen molar-refractivity contribution in [3.05, 3.63) is 42.2 Å². The zero-order valence-corrected chi connectivity index (χ0v) is 9.90. The van der Waals surface area contributed by atoms with Crippen LogP contribution >= 0.6 is 0 Å². The average Bonchev–Trinajstić information content (AvgIpc) is 2.38. The second-order valence-corrected chi connectivity index (χ2v) is 3.62. The van der Waals surface area contributed by atoms with Gasteiger partial charge in [-0.2, -0.15) is 13.2 Å². The Bertz CT molecular complexity index is 555. The average molecular weight is 269 g/mol. The normalized spacial score (nSPS) is 11.2. The van der Waals surface area contributed by atoms with Crippen LogP contribution in [-0.4, -0.2) is 17.0 Å². The maximum atomic E-state index is 12.4. The van der Waals surface area contributed by atoms with E-state index in [1.54, 1.807) is 7.05 Å². The van der Waals surface area contributed by atoms with E-state index < -0.39 is 11.7 Å². The van der Waals surface area contributed by atoms with Crippen molar-refractivity contribution >= 4 is 5.82 Å². The Kier molecular flexibility index (Phi) is 3.55. The molecule has 19 heavy (non-hydrogen) atoms. The molecule has 4 nitrogen and oxygen atoms in total. The molecular formula is C12H10F3N3O. The molecule has 0 atom stereocenters. The summed E-state index contributed by atoms with van der Waals surface area (Å²) in [7, 11) is 1.68. The van der Waals surface area contributed by atoms with Gasteiger partial charge in [0.1, 0.15) is 17.9 Å². The molecule has 0 saturated heterocycles. The number of alkyl halides is 3. The summed E-state index contributed by atoms with van der Waals surface area (Å²) in [6, 6.07) is 5.93. The minimum Gasteiger partial charge on any atom is -0.439 e. The van der Waals surface area contributed by atoms with E-state index in [2.05, 4.69) is 15.3 Å². The highest BCUT2D eigenvalue weighted by Gasteiger charge is 2.30. The molecule has 100 valence electrons. The molecule has 0 bridgehead atoms. The van der Waals surface area contributed by atoms with Gasteiger partial charge in [0.2, 0.25) is 5.88 Å². The van der Waals surface area contributed by atoms with E-state index in [-0.39, 0.29) is 11.6 Å². The third-order valence-electron chi connectivity index (χ3n) is 2.30. The number of anilines is 1. The van der Waals surface area contributed by atoms with Gasteiger partial charge in [-0.25, -0.2) is 9.97 Å². The van der Waals surface area contributed by atoms with Crippen molar-refractivity contribution in [3.8, 4) is 11.6 Å². The number of benzene rings is 1. The summed E-state index contributed by atoms with van der Waals surface area (Å²) in [6.45, 7) is 0. The van der Waals surface area contributed by atoms with Gasteiger partial charge in [0, 0.05) is 13.1 Å². The Labute approximate surface area is 107 Å². The van der Waals surface area contributed by atoms with Crippen LogP contribution < -0.4 is 10.1 Å². The van der Waals surface area contributed by atoms with Gasteiger partial charge in [-0.1, -0.05) is 0 Å². The zero-order valence-electron chi connectivity index (χ0n) is 9.90. The molecule has 0 radical (unpaired) electrons. The number of nitrogens with one attached hydrogen (secondary N) is 1. The Morgan fingerprint density at radius 2 is 1.79 bits per heavy atom. The lowest BCUT2D eigenvalue weighted by Crippen LogP contribution is -2.04. The van der Waals surface area contributed by atoms with Gasteiger partial charge < -0.3 is 10.1 Å². The second kappa shape index (κ2) is 5.13. The number of rotatable bonds is 3. The molecule has 1 aromatic heterocycles. The molecule has 0 aliphatic heterocycles. The summed E-state index contributed by atoms with van der Waals surface area (Å²) in [4.78, 5) is 7.75. The van der Waals surface area contributed by atoms with Crippen molar-refractivity contribution in [1.82, 2.24) is 9.97 Å². The predicted octanol–water partition coefficient (Wildman–Crippen LogP) is 3.33. The number of hydrogen-bond acceptors (Lipinski definition) is 4. The number of aromatic nitrogens is 2. The highest BCUT2D eigenvalue weighted by atomic mass is 19.4. The molecule has 0 aliphatic carbocycles. The lowest BCUT2D eigenvalue weighted by molar-refractivity contribution is -0.137. The molecule has 0 spiro atoms. The standard InChI is InChI=1S/C12H10F3N3O/c1-16-10-6-11(18-7-17-10)19-9-4-2-8(3-5-9)12(13,14)15/h2-7H,1H3,(H,16,17,18). The molecule has 1 aromatic carbocycles. The second-order valence-electron chi connectivity index (χ2n) is 3.62. The summed E-state index contributed by atoms with van der Waals surface area (Å²) >= 11 is 0. The van der Waals surface area contributed by atoms with Crippen LogP contribution in [0.15, 0.2) is 36.7 Å². The van der Waals surface area contributed by atoms with Crippen molar-refractivity contribution in [2.45, 2.75) is 6.18 Å². The fourth-order valence-corrected chi connectivity index (χ4v) is 1.36. The Morgan fingerprint density at radius 3 is 2.37 bits per heavy atom. The van der Waals surface area contributed by atoms with Gasteiger partial charge in [-0.3, -0.25) is 0 Å². The van der Waals surface area contributed by atoms with E-state index in [0.29, 0.717) is 5.82 Å². The van der Waals surface area contributed by atoms with Gasteiger partial charge in [0.15, 0.2) is 0 Å². The topological polar surface area (TPSA) is 47.0 Å². The van der Waals surface area contributed by atoms with E-state index in [1.807, 2.05) is 0 Å². The van der Waals surface area contributed by atoms with Gasteiger partial charge in [0.05, 0.1) is 5.56 Å². The van der Waals surface area contributed by atoms with Gasteiger partial charge in [-0.05, 0) is 24.3 Å². The first-order chi connectivity index (χ1) is 8.99. The van der Waals surface area contributed by atoms with E-state index in [9.17, 15) is 13.2 Å². The summed E-state index contributed by atoms with van der Waals surface area (Å²) in [5, 5.41) is 2.80. The predicted molar refractivity (Wildman–Crippen MR) is 63.1 cm³/mol. The number of halogens is 3. The quantitative estimate of drug-likeness (QED) is 0.928. The van der Waals surface area contributed by atoms with Crippen LogP contribution in [0.3, 0.4) is 0 Å². The highest BCUT2D eigenvalue weighted by Crippen LogP contribution is 2.31. The van der Waals surface area contributed by atoms with Crippen molar-refractivity contribution in [3.63, 3.8) is 0 Å². The molecule has 0 aliphatic rings. The lowest BCUT2D eigenvalue weighted by atomic mass is 10.2. The molecule has 0 amide bonds. The fourth-order valence-electron chi connectivity index (χ4n) is 1.36. The first-order valence-electron chi connectivity index (χ1n) is 5.34. The Balaban J connectivity index is 2.15. The molecule has 7 heteroatoms. The molecule has 2 aromatic rings. The third kappa shape index (κ3) is 3.34. The highest BCUT2D eigenvalue weighted by molar-refractivity contribution is 5.38. The lowest BCUT2D eigenvalue weighted by Gasteiger charge is -2.08. The summed E-state index contributed by atoms with van der Waals surface area (Å²) < 4.78 is 42.5. The first-order valence-corrected chi connectivity index (χ1v) is 5.34. The first kappa shape index (κ1) is 13.1. The molecule has 2 rings (SSSR count). The fraction of sp³-hybridized carbons (Fsp3) is 0.167. The summed E-state index contributed by atoms with van der Waals surface area (Å²) in [6.07, 6.45) is -3.06. The molecule has 0 fully saturated rings. The van der Waals surface area contributed by atoms with Gasteiger partial charge >= 0.3 is 6.18 Å². The van der Waals surface area contributed by atoms with E-state index in [0.717, 1.165) is 12.1 Å². The Morgan fingerprint density at radius 1 is 1.11 bits per heavy atom. The summed E-state index contributed by atoms with van der Waals surface area (Å²) in [5.74, 6) is 1.07. The summed E-state index contributed by atoms with van der Waals surface area (Å²) in [5.41, 5.74) is -0.724. The Hall–Kier alpha value is -2.31. The van der Waals surface area contributed by atoms with E-state index >= 15 is 0 Å². The van der Waals surface area contributed by atoms with Crippen LogP contribution in [0.5, 0.6) is 11.6 Å².